The molecule has 39 heavy (non-hydrogen) atoms. The molecule has 6 atom stereocenters. The number of carbonyl (C=O) groups is 1. The van der Waals surface area contributed by atoms with Crippen molar-refractivity contribution < 1.29 is 41.7 Å². The molecule has 7 nitrogen and oxygen atoms in total. The van der Waals surface area contributed by atoms with E-state index in [1.165, 1.54) is 26.0 Å². The number of hydrogen-bond acceptors (Lipinski definition) is 6. The highest BCUT2D eigenvalue weighted by atomic mass is 35.5. The zero-order chi connectivity index (χ0) is 29.1. The molecule has 3 unspecified atom stereocenters. The number of halogens is 4. The molecule has 0 heterocycles. The van der Waals surface area contributed by atoms with Crippen LogP contribution in [0.25, 0.3) is 0 Å². The second kappa shape index (κ2) is 10.3. The molecule has 0 radical (unpaired) electrons. The van der Waals surface area contributed by atoms with Crippen LogP contribution in [0.5, 0.6) is 0 Å². The van der Waals surface area contributed by atoms with E-state index in [1.807, 2.05) is 6.92 Å². The van der Waals surface area contributed by atoms with Crippen LogP contribution in [-0.4, -0.2) is 52.2 Å². The lowest BCUT2D eigenvalue weighted by atomic mass is 9.69. The summed E-state index contributed by atoms with van der Waals surface area (Å²) in [6.07, 6.45) is -0.565. The predicted octanol–water partition coefficient (Wildman–Crippen LogP) is 4.47. The van der Waals surface area contributed by atoms with Gasteiger partial charge >= 0.3 is 0 Å². The van der Waals surface area contributed by atoms with E-state index in [4.69, 9.17) is 11.6 Å². The van der Waals surface area contributed by atoms with Crippen molar-refractivity contribution in [3.05, 3.63) is 58.4 Å². The van der Waals surface area contributed by atoms with Gasteiger partial charge in [0.05, 0.1) is 32.5 Å². The van der Waals surface area contributed by atoms with Gasteiger partial charge in [-0.1, -0.05) is 18.5 Å². The Labute approximate surface area is 229 Å². The Morgan fingerprint density at radius 2 is 1.77 bits per heavy atom. The largest absolute Gasteiger partial charge is 0.390 e. The predicted molar refractivity (Wildman–Crippen MR) is 139 cm³/mol. The first-order valence-electron chi connectivity index (χ1n) is 12.6. The molecule has 2 fully saturated rings. The van der Waals surface area contributed by atoms with Crippen molar-refractivity contribution in [1.82, 2.24) is 0 Å². The van der Waals surface area contributed by atoms with Crippen molar-refractivity contribution in [3.8, 4) is 0 Å². The van der Waals surface area contributed by atoms with E-state index in [-0.39, 0.29) is 46.3 Å². The van der Waals surface area contributed by atoms with E-state index in [9.17, 15) is 41.7 Å². The van der Waals surface area contributed by atoms with Crippen molar-refractivity contribution in [2.24, 2.45) is 17.8 Å². The lowest BCUT2D eigenvalue weighted by molar-refractivity contribution is -0.132. The molecule has 2 aromatic carbocycles. The summed E-state index contributed by atoms with van der Waals surface area (Å²) in [4.78, 5) is 12.5. The summed E-state index contributed by atoms with van der Waals surface area (Å²) in [5.74, 6) is -6.51. The maximum atomic E-state index is 13.8. The first-order valence-corrected chi connectivity index (χ1v) is 14.5. The van der Waals surface area contributed by atoms with Crippen LogP contribution in [0, 0.1) is 35.2 Å². The SMILES string of the molecule is C[C@H]1CC2C[C@@H](S(=O)(=O)c3cc(C(=O)Nc4cc(F)c(F)c(F)c4)ccc3Cl)CC1[C@@]2(O)CC(O)C(C)(C)O. The standard InChI is InChI=1S/C27H31ClF3NO6S/c1-13-6-15-8-17(11-18(13)27(15,36)12-23(33)26(2,3)35)39(37,38)22-7-14(4-5-19(22)28)25(34)32-16-9-20(29)24(31)21(30)10-16/h4-5,7,9-10,13,15,17-18,23,33,35-36H,6,8,11-12H2,1-3H3,(H,32,34)/t13-,15?,17+,18?,23?,27+/m0/s1. The van der Waals surface area contributed by atoms with Gasteiger partial charge in [-0.25, -0.2) is 21.6 Å². The third-order valence-corrected chi connectivity index (χ3v) is 10.9. The average Bonchev–Trinajstić information content (AvgIpc) is 2.95. The minimum atomic E-state index is -4.10. The van der Waals surface area contributed by atoms with E-state index >= 15 is 0 Å². The number of aliphatic hydroxyl groups excluding tert-OH is 1. The number of anilines is 1. The van der Waals surface area contributed by atoms with Gasteiger partial charge in [0.15, 0.2) is 27.3 Å². The summed E-state index contributed by atoms with van der Waals surface area (Å²) in [6, 6.07) is 4.74. The summed E-state index contributed by atoms with van der Waals surface area (Å²) in [7, 11) is -4.10. The van der Waals surface area contributed by atoms with Crippen LogP contribution in [0.3, 0.4) is 0 Å². The normalized spacial score (nSPS) is 27.8. The molecule has 2 aliphatic rings. The molecule has 0 aromatic heterocycles. The summed E-state index contributed by atoms with van der Waals surface area (Å²) in [5.41, 5.74) is -3.31. The van der Waals surface area contributed by atoms with Crippen molar-refractivity contribution in [2.45, 2.75) is 73.9 Å². The van der Waals surface area contributed by atoms with Crippen LogP contribution in [0.2, 0.25) is 5.02 Å². The molecule has 214 valence electrons. The Morgan fingerprint density at radius 3 is 2.33 bits per heavy atom. The molecular formula is C27H31ClF3NO6S. The van der Waals surface area contributed by atoms with Crippen LogP contribution in [0.4, 0.5) is 18.9 Å². The number of sulfone groups is 1. The smallest absolute Gasteiger partial charge is 0.255 e. The topological polar surface area (TPSA) is 124 Å². The third-order valence-electron chi connectivity index (χ3n) is 8.27. The molecule has 4 rings (SSSR count). The lowest BCUT2D eigenvalue weighted by Gasteiger charge is -2.45. The number of carbonyl (C=O) groups excluding carboxylic acids is 1. The van der Waals surface area contributed by atoms with Crippen LogP contribution < -0.4 is 5.32 Å². The molecule has 1 amide bonds. The van der Waals surface area contributed by atoms with Crippen molar-refractivity contribution in [3.63, 3.8) is 0 Å². The molecule has 0 aliphatic heterocycles. The van der Waals surface area contributed by atoms with Crippen LogP contribution >= 0.6 is 11.6 Å². The molecule has 4 N–H and O–H groups in total. The van der Waals surface area contributed by atoms with Gasteiger partial charge in [-0.2, -0.15) is 0 Å². The average molecular weight is 590 g/mol. The quantitative estimate of drug-likeness (QED) is 0.353. The van der Waals surface area contributed by atoms with Gasteiger partial charge in [0.1, 0.15) is 0 Å². The van der Waals surface area contributed by atoms with Crippen LogP contribution in [0.1, 0.15) is 56.8 Å². The van der Waals surface area contributed by atoms with Crippen LogP contribution in [-0.2, 0) is 9.84 Å². The molecule has 0 saturated heterocycles. The minimum Gasteiger partial charge on any atom is -0.390 e. The number of amides is 1. The van der Waals surface area contributed by atoms with Gasteiger partial charge in [-0.15, -0.1) is 0 Å². The van der Waals surface area contributed by atoms with E-state index in [0.29, 0.717) is 18.6 Å². The van der Waals surface area contributed by atoms with Gasteiger partial charge in [0.25, 0.3) is 5.91 Å². The Balaban J connectivity index is 1.59. The number of nitrogens with one attached hydrogen (secondary N) is 1. The molecule has 2 aromatic rings. The Kier molecular flexibility index (Phi) is 7.90. The zero-order valence-electron chi connectivity index (χ0n) is 21.6. The highest BCUT2D eigenvalue weighted by Crippen LogP contribution is 2.56. The fourth-order valence-electron chi connectivity index (χ4n) is 6.05. The number of rotatable bonds is 7. The number of fused-ring (bicyclic) bond motifs is 2. The monoisotopic (exact) mass is 589 g/mol. The summed E-state index contributed by atoms with van der Waals surface area (Å²) in [6.45, 7) is 4.80. The molecule has 2 aliphatic carbocycles. The number of aliphatic hydroxyl groups is 3. The zero-order valence-corrected chi connectivity index (χ0v) is 23.2. The van der Waals surface area contributed by atoms with Crippen molar-refractivity contribution in [2.75, 3.05) is 5.32 Å². The molecular weight excluding hydrogens is 559 g/mol. The molecule has 2 saturated carbocycles. The second-order valence-corrected chi connectivity index (χ2v) is 14.0. The van der Waals surface area contributed by atoms with Crippen LogP contribution in [0.15, 0.2) is 35.2 Å². The number of hydrogen-bond donors (Lipinski definition) is 4. The molecule has 0 spiro atoms. The fraction of sp³-hybridized carbons (Fsp3) is 0.519. The van der Waals surface area contributed by atoms with E-state index in [2.05, 4.69) is 5.32 Å². The maximum absolute atomic E-state index is 13.8. The Bertz CT molecular complexity index is 1380. The van der Waals surface area contributed by atoms with Crippen molar-refractivity contribution >= 4 is 33.0 Å². The summed E-state index contributed by atoms with van der Waals surface area (Å²) < 4.78 is 67.8. The van der Waals surface area contributed by atoms with Gasteiger partial charge in [-0.05, 0) is 69.1 Å². The van der Waals surface area contributed by atoms with E-state index < -0.39 is 67.6 Å². The summed E-state index contributed by atoms with van der Waals surface area (Å²) in [5, 5.41) is 33.4. The van der Waals surface area contributed by atoms with Gasteiger partial charge in [-0.3, -0.25) is 4.79 Å². The first-order chi connectivity index (χ1) is 17.9. The highest BCUT2D eigenvalue weighted by Gasteiger charge is 2.59. The van der Waals surface area contributed by atoms with E-state index in [1.54, 1.807) is 0 Å². The third kappa shape index (κ3) is 5.56. The fourth-order valence-corrected chi connectivity index (χ4v) is 8.43. The second-order valence-electron chi connectivity index (χ2n) is 11.4. The summed E-state index contributed by atoms with van der Waals surface area (Å²) >= 11 is 6.25. The highest BCUT2D eigenvalue weighted by molar-refractivity contribution is 7.92. The van der Waals surface area contributed by atoms with Gasteiger partial charge in [0.2, 0.25) is 0 Å². The maximum Gasteiger partial charge on any atom is 0.255 e. The number of benzene rings is 2. The molecule has 2 bridgehead atoms. The lowest BCUT2D eigenvalue weighted by Crippen LogP contribution is -2.53. The van der Waals surface area contributed by atoms with Crippen molar-refractivity contribution in [1.29, 1.82) is 0 Å². The van der Waals surface area contributed by atoms with Gasteiger partial charge in [0, 0.05) is 29.8 Å². The Morgan fingerprint density at radius 1 is 1.15 bits per heavy atom. The minimum absolute atomic E-state index is 0.0294. The van der Waals surface area contributed by atoms with E-state index in [0.717, 1.165) is 6.07 Å². The molecule has 12 heteroatoms. The first kappa shape index (κ1) is 29.8. The Hall–Kier alpha value is -2.18. The van der Waals surface area contributed by atoms with Gasteiger partial charge < -0.3 is 20.6 Å².